The molecule has 0 amide bonds. The van der Waals surface area contributed by atoms with Crippen LogP contribution in [0.3, 0.4) is 0 Å². The van der Waals surface area contributed by atoms with Crippen LogP contribution in [0.25, 0.3) is 0 Å². The summed E-state index contributed by atoms with van der Waals surface area (Å²) in [7, 11) is 1.93. The van der Waals surface area contributed by atoms with Crippen molar-refractivity contribution in [1.82, 2.24) is 15.3 Å². The third-order valence-electron chi connectivity index (χ3n) is 3.06. The number of aryl methyl sites for hydroxylation is 1. The lowest BCUT2D eigenvalue weighted by Crippen LogP contribution is -2.19. The van der Waals surface area contributed by atoms with Gasteiger partial charge in [-0.1, -0.05) is 0 Å². The number of rotatable bonds is 5. The predicted octanol–water partition coefficient (Wildman–Crippen LogP) is 2.49. The smallest absolute Gasteiger partial charge is 0.137 e. The molecule has 2 aromatic heterocycles. The molecule has 2 aromatic rings. The minimum absolute atomic E-state index is 0.0709. The zero-order valence-corrected chi connectivity index (χ0v) is 11.6. The highest BCUT2D eigenvalue weighted by molar-refractivity contribution is 5.36. The maximum atomic E-state index is 5.50. The monoisotopic (exact) mass is 257 g/mol. The Hall–Kier alpha value is -1.94. The molecule has 0 aliphatic carbocycles. The van der Waals surface area contributed by atoms with Crippen LogP contribution in [0.1, 0.15) is 29.7 Å². The maximum absolute atomic E-state index is 5.50. The minimum Gasteiger partial charge on any atom is -0.492 e. The Labute approximate surface area is 113 Å². The summed E-state index contributed by atoms with van der Waals surface area (Å²) in [4.78, 5) is 8.45. The van der Waals surface area contributed by atoms with Crippen LogP contribution in [0.5, 0.6) is 5.75 Å². The Morgan fingerprint density at radius 3 is 2.79 bits per heavy atom. The molecule has 0 saturated heterocycles. The highest BCUT2D eigenvalue weighted by Crippen LogP contribution is 2.25. The lowest BCUT2D eigenvalue weighted by molar-refractivity contribution is 0.338. The van der Waals surface area contributed by atoms with Crippen LogP contribution >= 0.6 is 0 Å². The summed E-state index contributed by atoms with van der Waals surface area (Å²) in [5.74, 6) is 0.793. The van der Waals surface area contributed by atoms with E-state index >= 15 is 0 Å². The van der Waals surface area contributed by atoms with Gasteiger partial charge in [0.15, 0.2) is 0 Å². The first-order chi connectivity index (χ1) is 9.26. The van der Waals surface area contributed by atoms with E-state index in [9.17, 15) is 0 Å². The van der Waals surface area contributed by atoms with E-state index in [0.29, 0.717) is 6.61 Å². The molecule has 100 valence electrons. The molecule has 0 radical (unpaired) electrons. The summed E-state index contributed by atoms with van der Waals surface area (Å²) in [6, 6.07) is 4.10. The van der Waals surface area contributed by atoms with Gasteiger partial charge in [-0.25, -0.2) is 0 Å². The van der Waals surface area contributed by atoms with E-state index in [0.717, 1.165) is 16.9 Å². The molecule has 0 spiro atoms. The van der Waals surface area contributed by atoms with Crippen molar-refractivity contribution < 1.29 is 4.74 Å². The molecule has 2 rings (SSSR count). The molecule has 0 bridgehead atoms. The standard InChI is InChI=1S/C15H19N3O/c1-4-19-13-7-12(8-18-9-13)15(16-3)14-10-17-6-5-11(14)2/h5-10,15-16H,4H2,1-3H3. The fourth-order valence-electron chi connectivity index (χ4n) is 2.12. The van der Waals surface area contributed by atoms with Crippen LogP contribution in [0.15, 0.2) is 36.9 Å². The zero-order valence-electron chi connectivity index (χ0n) is 11.6. The molecule has 0 aliphatic heterocycles. The largest absolute Gasteiger partial charge is 0.492 e. The van der Waals surface area contributed by atoms with Gasteiger partial charge in [-0.3, -0.25) is 9.97 Å². The van der Waals surface area contributed by atoms with E-state index in [1.165, 1.54) is 5.56 Å². The second-order valence-corrected chi connectivity index (χ2v) is 4.34. The van der Waals surface area contributed by atoms with Crippen molar-refractivity contribution in [3.63, 3.8) is 0 Å². The quantitative estimate of drug-likeness (QED) is 0.894. The lowest BCUT2D eigenvalue weighted by Gasteiger charge is -2.19. The number of aromatic nitrogens is 2. The van der Waals surface area contributed by atoms with Crippen LogP contribution in [0.4, 0.5) is 0 Å². The Bertz CT molecular complexity index is 542. The Morgan fingerprint density at radius 1 is 1.26 bits per heavy atom. The molecule has 0 aromatic carbocycles. The highest BCUT2D eigenvalue weighted by atomic mass is 16.5. The van der Waals surface area contributed by atoms with E-state index in [1.54, 1.807) is 12.4 Å². The SMILES string of the molecule is CCOc1cncc(C(NC)c2cnccc2C)c1. The Morgan fingerprint density at radius 2 is 2.11 bits per heavy atom. The summed E-state index contributed by atoms with van der Waals surface area (Å²) in [6.45, 7) is 4.69. The zero-order chi connectivity index (χ0) is 13.7. The van der Waals surface area contributed by atoms with Crippen LogP contribution < -0.4 is 10.1 Å². The van der Waals surface area contributed by atoms with Gasteiger partial charge >= 0.3 is 0 Å². The van der Waals surface area contributed by atoms with E-state index in [2.05, 4.69) is 22.2 Å². The third kappa shape index (κ3) is 3.09. The van der Waals surface area contributed by atoms with Crippen molar-refractivity contribution in [3.8, 4) is 5.75 Å². The molecule has 2 heterocycles. The fourth-order valence-corrected chi connectivity index (χ4v) is 2.12. The first-order valence-corrected chi connectivity index (χ1v) is 6.41. The average molecular weight is 257 g/mol. The van der Waals surface area contributed by atoms with Crippen molar-refractivity contribution in [2.45, 2.75) is 19.9 Å². The van der Waals surface area contributed by atoms with Gasteiger partial charge in [0.2, 0.25) is 0 Å². The van der Waals surface area contributed by atoms with Crippen LogP contribution in [-0.2, 0) is 0 Å². The molecule has 4 nitrogen and oxygen atoms in total. The lowest BCUT2D eigenvalue weighted by atomic mass is 9.98. The van der Waals surface area contributed by atoms with Crippen molar-refractivity contribution in [3.05, 3.63) is 53.6 Å². The molecule has 1 atom stereocenters. The molecule has 4 heteroatoms. The number of pyridine rings is 2. The van der Waals surface area contributed by atoms with E-state index in [-0.39, 0.29) is 6.04 Å². The number of nitrogens with zero attached hydrogens (tertiary/aromatic N) is 2. The maximum Gasteiger partial charge on any atom is 0.137 e. The molecule has 1 N–H and O–H groups in total. The first kappa shape index (κ1) is 13.5. The van der Waals surface area contributed by atoms with Crippen molar-refractivity contribution in [1.29, 1.82) is 0 Å². The van der Waals surface area contributed by atoms with Gasteiger partial charge in [0, 0.05) is 18.6 Å². The second-order valence-electron chi connectivity index (χ2n) is 4.34. The van der Waals surface area contributed by atoms with Gasteiger partial charge in [-0.15, -0.1) is 0 Å². The van der Waals surface area contributed by atoms with E-state index < -0.39 is 0 Å². The molecular formula is C15H19N3O. The number of ether oxygens (including phenoxy) is 1. The summed E-state index contributed by atoms with van der Waals surface area (Å²) in [5.41, 5.74) is 3.43. The normalized spacial score (nSPS) is 12.2. The highest BCUT2D eigenvalue weighted by Gasteiger charge is 2.15. The topological polar surface area (TPSA) is 47.0 Å². The Kier molecular flexibility index (Phi) is 4.47. The number of nitrogens with one attached hydrogen (secondary N) is 1. The third-order valence-corrected chi connectivity index (χ3v) is 3.06. The summed E-state index contributed by atoms with van der Waals surface area (Å²) in [6.07, 6.45) is 7.29. The summed E-state index contributed by atoms with van der Waals surface area (Å²) >= 11 is 0. The molecule has 19 heavy (non-hydrogen) atoms. The Balaban J connectivity index is 2.37. The second kappa shape index (κ2) is 6.29. The van der Waals surface area contributed by atoms with Crippen molar-refractivity contribution >= 4 is 0 Å². The van der Waals surface area contributed by atoms with Crippen LogP contribution in [0, 0.1) is 6.92 Å². The fraction of sp³-hybridized carbons (Fsp3) is 0.333. The summed E-state index contributed by atoms with van der Waals surface area (Å²) in [5, 5.41) is 3.31. The molecule has 0 aliphatic rings. The number of hydrogen-bond donors (Lipinski definition) is 1. The van der Waals surface area contributed by atoms with Crippen molar-refractivity contribution in [2.75, 3.05) is 13.7 Å². The molecular weight excluding hydrogens is 238 g/mol. The predicted molar refractivity (Wildman–Crippen MR) is 75.3 cm³/mol. The minimum atomic E-state index is 0.0709. The number of hydrogen-bond acceptors (Lipinski definition) is 4. The van der Waals surface area contributed by atoms with Gasteiger partial charge in [0.05, 0.1) is 18.8 Å². The van der Waals surface area contributed by atoms with E-state index in [1.807, 2.05) is 38.5 Å². The van der Waals surface area contributed by atoms with Gasteiger partial charge in [0.1, 0.15) is 5.75 Å². The van der Waals surface area contributed by atoms with Gasteiger partial charge in [-0.2, -0.15) is 0 Å². The van der Waals surface area contributed by atoms with Crippen molar-refractivity contribution in [2.24, 2.45) is 0 Å². The average Bonchev–Trinajstić information content (AvgIpc) is 2.43. The van der Waals surface area contributed by atoms with Gasteiger partial charge in [-0.05, 0) is 49.7 Å². The van der Waals surface area contributed by atoms with Crippen LogP contribution in [-0.4, -0.2) is 23.6 Å². The van der Waals surface area contributed by atoms with Gasteiger partial charge in [0.25, 0.3) is 0 Å². The molecule has 1 unspecified atom stereocenters. The first-order valence-electron chi connectivity index (χ1n) is 6.41. The van der Waals surface area contributed by atoms with Gasteiger partial charge < -0.3 is 10.1 Å². The molecule has 0 saturated carbocycles. The summed E-state index contributed by atoms with van der Waals surface area (Å²) < 4.78 is 5.50. The van der Waals surface area contributed by atoms with E-state index in [4.69, 9.17) is 4.74 Å². The molecule has 0 fully saturated rings. The van der Waals surface area contributed by atoms with Crippen LogP contribution in [0.2, 0.25) is 0 Å².